The van der Waals surface area contributed by atoms with Crippen LogP contribution in [-0.2, 0) is 30.1 Å². The van der Waals surface area contributed by atoms with Gasteiger partial charge in [0.05, 0.1) is 19.6 Å². The Hall–Kier alpha value is -7.85. The summed E-state index contributed by atoms with van der Waals surface area (Å²) < 4.78 is 70.9. The van der Waals surface area contributed by atoms with Crippen molar-refractivity contribution in [2.75, 3.05) is 26.2 Å². The maximum atomic E-state index is 13.1. The van der Waals surface area contributed by atoms with E-state index < -0.39 is 75.8 Å². The second-order valence-electron chi connectivity index (χ2n) is 16.6. The van der Waals surface area contributed by atoms with E-state index >= 15 is 0 Å². The molecule has 4 radical (unpaired) electrons. The Bertz CT molecular complexity index is 2490. The van der Waals surface area contributed by atoms with E-state index in [4.69, 9.17) is 23.9 Å². The molecule has 0 bridgehead atoms. The zero-order valence-electron chi connectivity index (χ0n) is 42.4. The Labute approximate surface area is 419 Å². The van der Waals surface area contributed by atoms with Gasteiger partial charge in [-0.1, -0.05) is 24.3 Å². The van der Waals surface area contributed by atoms with E-state index in [-0.39, 0.29) is 43.6 Å². The lowest BCUT2D eigenvalue weighted by molar-refractivity contribution is -0.124. The number of hydrogen-bond donors (Lipinski definition) is 8. The van der Waals surface area contributed by atoms with Crippen molar-refractivity contribution in [1.29, 1.82) is 0 Å². The highest BCUT2D eigenvalue weighted by Gasteiger charge is 2.48. The van der Waals surface area contributed by atoms with Gasteiger partial charge in [-0.2, -0.15) is 0 Å². The monoisotopic (exact) mass is 1010 g/mol. The molecular weight excluding hydrogens is 946 g/mol. The molecule has 0 spiro atoms. The molecule has 2 heterocycles. The lowest BCUT2D eigenvalue weighted by Crippen LogP contribution is -2.53. The number of nitrogens with two attached hydrogens (primary N) is 2. The van der Waals surface area contributed by atoms with Gasteiger partial charge in [-0.15, -0.1) is 13.2 Å². The van der Waals surface area contributed by atoms with E-state index in [1.807, 2.05) is 0 Å². The Kier molecular flexibility index (Phi) is 24.0. The predicted molar refractivity (Wildman–Crippen MR) is 262 cm³/mol. The van der Waals surface area contributed by atoms with Crippen molar-refractivity contribution in [3.63, 3.8) is 0 Å². The summed E-state index contributed by atoms with van der Waals surface area (Å²) in [7, 11) is 8.00. The molecule has 4 aromatic rings. The molecule has 4 aromatic carbocycles. The molecule has 24 heteroatoms. The highest BCUT2D eigenvalue weighted by Crippen LogP contribution is 2.26. The molecule has 0 saturated carbocycles. The zero-order valence-corrected chi connectivity index (χ0v) is 40.4. The number of urea groups is 2. The van der Waals surface area contributed by atoms with Crippen LogP contribution in [-0.4, -0.2) is 100 Å². The Morgan fingerprint density at radius 1 is 0.583 bits per heavy atom. The van der Waals surface area contributed by atoms with Crippen LogP contribution < -0.4 is 43.4 Å². The molecular formula is C48H58B2F4N8O10. The molecule has 0 aromatic heterocycles. The van der Waals surface area contributed by atoms with Gasteiger partial charge in [0.2, 0.25) is 0 Å². The minimum Gasteiger partial charge on any atom is -0.444 e. The first kappa shape index (κ1) is 60.3. The fraction of sp³-hybridized carbons (Fsp3) is 0.292. The second-order valence-corrected chi connectivity index (χ2v) is 16.6. The Morgan fingerprint density at radius 3 is 1.22 bits per heavy atom. The van der Waals surface area contributed by atoms with Crippen LogP contribution >= 0.6 is 0 Å². The third-order valence-electron chi connectivity index (χ3n) is 9.07. The van der Waals surface area contributed by atoms with Gasteiger partial charge in [0.15, 0.2) is 22.6 Å². The zero-order chi connectivity index (χ0) is 57.0. The minimum absolute atomic E-state index is 0.0361. The largest absolute Gasteiger partial charge is 0.444 e. The maximum Gasteiger partial charge on any atom is 0.408 e. The van der Waals surface area contributed by atoms with Gasteiger partial charge in [0.1, 0.15) is 34.5 Å². The molecule has 2 atom stereocenters. The molecule has 6 rings (SSSR count). The molecule has 384 valence electrons. The van der Waals surface area contributed by atoms with Crippen LogP contribution in [0.5, 0.6) is 0 Å². The number of Topliss-reactive ketones (excluding diaryl/α,β-unsaturated/α-hetero) is 2. The Morgan fingerprint density at radius 2 is 0.903 bits per heavy atom. The number of imide groups is 2. The van der Waals surface area contributed by atoms with Crippen LogP contribution in [0.4, 0.5) is 36.7 Å². The summed E-state index contributed by atoms with van der Waals surface area (Å²) in [4.78, 5) is 92.1. The molecule has 2 fully saturated rings. The van der Waals surface area contributed by atoms with Gasteiger partial charge in [-0.3, -0.25) is 29.8 Å². The molecule has 8 amide bonds. The number of carbonyl (C=O) groups excluding carboxylic acids is 8. The SMILES string of the molecule is C=C.CC(C)(C)OC(=O)NCC(=O)c1ccc(F)cc1.CC(C)(C)OC(=O)NCC1(c2ccc(F)cc2)NC(=O)NC1=O.NCC(=O)c1ccc(F)cc1.NCC1(c2ccc(F)cc2)NC(=O)NC1=O.[2H][2H].[B][B]. The molecule has 2 aliphatic rings. The Balaban J connectivity index is 0.000000950. The van der Waals surface area contributed by atoms with E-state index in [1.165, 1.54) is 97.1 Å². The van der Waals surface area contributed by atoms with Gasteiger partial charge in [0.25, 0.3) is 11.8 Å². The first-order chi connectivity index (χ1) is 34.7. The van der Waals surface area contributed by atoms with Crippen molar-refractivity contribution >= 4 is 63.1 Å². The number of hydrogen-bond acceptors (Lipinski definition) is 12. The summed E-state index contributed by atoms with van der Waals surface area (Å²) in [5.74, 6) is -3.29. The number of rotatable bonds is 10. The molecule has 2 saturated heterocycles. The first-order valence-electron chi connectivity index (χ1n) is 22.3. The normalized spacial score (nSPS) is 16.4. The summed E-state index contributed by atoms with van der Waals surface area (Å²) in [6.07, 6.45) is -1.38. The van der Waals surface area contributed by atoms with E-state index in [2.05, 4.69) is 60.5 Å². The van der Waals surface area contributed by atoms with Crippen LogP contribution in [0.3, 0.4) is 0 Å². The van der Waals surface area contributed by atoms with Crippen molar-refractivity contribution in [2.24, 2.45) is 11.5 Å². The average molecular weight is 1010 g/mol. The minimum atomic E-state index is -1.51. The second kappa shape index (κ2) is 28.7. The third-order valence-corrected chi connectivity index (χ3v) is 9.07. The van der Waals surface area contributed by atoms with Crippen molar-refractivity contribution in [1.82, 2.24) is 31.9 Å². The molecule has 72 heavy (non-hydrogen) atoms. The summed E-state index contributed by atoms with van der Waals surface area (Å²) in [6, 6.07) is 19.5. The fourth-order valence-electron chi connectivity index (χ4n) is 5.82. The van der Waals surface area contributed by atoms with Crippen molar-refractivity contribution in [3.05, 3.63) is 156 Å². The molecule has 2 aliphatic heterocycles. The van der Waals surface area contributed by atoms with Crippen LogP contribution in [0, 0.1) is 23.3 Å². The lowest BCUT2D eigenvalue weighted by atomic mass is 9.81. The van der Waals surface area contributed by atoms with Gasteiger partial charge in [0, 0.05) is 36.1 Å². The molecule has 2 unspecified atom stereocenters. The van der Waals surface area contributed by atoms with Crippen LogP contribution in [0.25, 0.3) is 0 Å². The lowest BCUT2D eigenvalue weighted by Gasteiger charge is -2.28. The highest BCUT2D eigenvalue weighted by atomic mass is 19.1. The van der Waals surface area contributed by atoms with Gasteiger partial charge in [-0.05, 0) is 125 Å². The van der Waals surface area contributed by atoms with Crippen LogP contribution in [0.2, 0.25) is 0 Å². The van der Waals surface area contributed by atoms with Gasteiger partial charge >= 0.3 is 24.2 Å². The van der Waals surface area contributed by atoms with Crippen molar-refractivity contribution in [2.45, 2.75) is 63.8 Å². The number of alkyl carbamates (subject to hydrolysis) is 2. The first-order valence-corrected chi connectivity index (χ1v) is 21.3. The number of halogens is 4. The summed E-state index contributed by atoms with van der Waals surface area (Å²) in [5.41, 5.74) is 8.11. The van der Waals surface area contributed by atoms with Gasteiger partial charge < -0.3 is 42.2 Å². The molecule has 0 aliphatic carbocycles. The smallest absolute Gasteiger partial charge is 0.408 e. The predicted octanol–water partition coefficient (Wildman–Crippen LogP) is 4.99. The van der Waals surface area contributed by atoms with E-state index in [0.717, 1.165) is 0 Å². The molecule has 18 nitrogen and oxygen atoms in total. The topological polar surface area (TPSA) is 279 Å². The van der Waals surface area contributed by atoms with E-state index in [1.54, 1.807) is 41.5 Å². The number of benzene rings is 4. The van der Waals surface area contributed by atoms with Crippen LogP contribution in [0.1, 0.15) is 76.4 Å². The number of amides is 8. The number of carbonyl (C=O) groups is 8. The van der Waals surface area contributed by atoms with Crippen LogP contribution in [0.15, 0.2) is 110 Å². The average Bonchev–Trinajstić information content (AvgIpc) is 3.83. The van der Waals surface area contributed by atoms with E-state index in [0.29, 0.717) is 22.3 Å². The standard InChI is InChI=1S/C15H18FN3O4.C13H16FNO3.C10H10FN3O2.C8H8FNO.C2H4.B2.H2/c1-14(2,3)23-13(22)17-8-15(11(20)18-12(21)19-15)9-4-6-10(16)7-5-9;1-13(2,3)18-12(17)15-8-11(16)9-4-6-10(14)7-5-9;11-7-3-1-6(2-4-7)10(5-12)8(15)13-9(16)14-10;9-7-3-1-6(2-4-7)8(11)5-10;2*1-2;/h4-7H,8H2,1-3H3,(H,17,22)(H2,18,19,20,21);4-7H,8H2,1-3H3,(H,15,17);1-4H,5,12H2,(H2,13,14,15,16);1-4H,5,10H2;1-2H2;;1H/i;;;;;;1+1D. The summed E-state index contributed by atoms with van der Waals surface area (Å²) >= 11 is 0. The quantitative estimate of drug-likeness (QED) is 0.0343. The van der Waals surface area contributed by atoms with Crippen molar-refractivity contribution in [3.8, 4) is 0 Å². The maximum absolute atomic E-state index is 13.1. The van der Waals surface area contributed by atoms with E-state index in [9.17, 15) is 55.9 Å². The van der Waals surface area contributed by atoms with Crippen molar-refractivity contribution < 1.29 is 68.4 Å². The third kappa shape index (κ3) is 19.9. The number of nitrogens with one attached hydrogen (secondary N) is 6. The summed E-state index contributed by atoms with van der Waals surface area (Å²) in [6.45, 7) is 15.8. The summed E-state index contributed by atoms with van der Waals surface area (Å²) in [5, 5.41) is 14.0. The fourth-order valence-corrected chi connectivity index (χ4v) is 5.82. The number of ketones is 2. The molecule has 10 N–H and O–H groups in total. The highest BCUT2D eigenvalue weighted by molar-refractivity contribution is 6.75. The van der Waals surface area contributed by atoms with Gasteiger partial charge in [-0.25, -0.2) is 36.7 Å². The number of ether oxygens (including phenoxy) is 2.